The number of aliphatic hydroxyl groups is 9. The Bertz CT molecular complexity index is 866. The zero-order valence-corrected chi connectivity index (χ0v) is 24.3. The van der Waals surface area contributed by atoms with E-state index in [0.29, 0.717) is 0 Å². The minimum absolute atomic E-state index is 0.291. The van der Waals surface area contributed by atoms with Gasteiger partial charge >= 0.3 is 5.97 Å². The first-order valence-corrected chi connectivity index (χ1v) is 13.9. The van der Waals surface area contributed by atoms with Crippen molar-refractivity contribution >= 4 is 5.97 Å². The molecule has 0 aliphatic heterocycles. The molecule has 0 aliphatic rings. The molecule has 0 fully saturated rings. The Balaban J connectivity index is 3.90. The molecule has 9 unspecified atom stereocenters. The quantitative estimate of drug-likeness (QED) is 0.0706. The highest BCUT2D eigenvalue weighted by Crippen LogP contribution is 2.43. The van der Waals surface area contributed by atoms with Crippen LogP contribution in [0.25, 0.3) is 0 Å². The molecule has 0 heterocycles. The topological polar surface area (TPSA) is 247 Å². The van der Waals surface area contributed by atoms with Crippen molar-refractivity contribution in [2.75, 3.05) is 59.5 Å². The fourth-order valence-corrected chi connectivity index (χ4v) is 4.65. The van der Waals surface area contributed by atoms with Crippen LogP contribution < -0.4 is 14.2 Å². The van der Waals surface area contributed by atoms with Gasteiger partial charge in [0.15, 0.2) is 11.5 Å². The molecule has 1 aromatic rings. The van der Waals surface area contributed by atoms with Crippen LogP contribution in [0.15, 0.2) is 12.1 Å². The number of aromatic carboxylic acids is 1. The highest BCUT2D eigenvalue weighted by Gasteiger charge is 2.35. The zero-order chi connectivity index (χ0) is 32.0. The summed E-state index contributed by atoms with van der Waals surface area (Å²) in [7, 11) is 0. The van der Waals surface area contributed by atoms with Crippen LogP contribution >= 0.6 is 0 Å². The summed E-state index contributed by atoms with van der Waals surface area (Å²) < 4.78 is 18.0. The molecular weight excluding hydrogens is 560 g/mol. The Morgan fingerprint density at radius 3 is 1.10 bits per heavy atom. The molecule has 10 N–H and O–H groups in total. The van der Waals surface area contributed by atoms with Crippen molar-refractivity contribution in [3.63, 3.8) is 0 Å². The number of carbonyl (C=O) groups is 1. The Hall–Kier alpha value is -2.27. The van der Waals surface area contributed by atoms with Crippen molar-refractivity contribution in [3.8, 4) is 17.2 Å². The minimum Gasteiger partial charge on any atom is -0.484 e. The molecule has 42 heavy (non-hydrogen) atoms. The molecule has 9 atom stereocenters. The van der Waals surface area contributed by atoms with Crippen molar-refractivity contribution in [1.82, 2.24) is 0 Å². The molecule has 0 radical (unpaired) electrons. The van der Waals surface area contributed by atoms with Gasteiger partial charge in [-0.1, -0.05) is 20.8 Å². The van der Waals surface area contributed by atoms with Crippen LogP contribution in [0.2, 0.25) is 0 Å². The lowest BCUT2D eigenvalue weighted by Gasteiger charge is -2.34. The number of carboxylic acids is 1. The van der Waals surface area contributed by atoms with Gasteiger partial charge in [0, 0.05) is 57.4 Å². The first-order chi connectivity index (χ1) is 20.0. The fourth-order valence-electron chi connectivity index (χ4n) is 4.65. The van der Waals surface area contributed by atoms with Crippen LogP contribution in [0.5, 0.6) is 17.2 Å². The van der Waals surface area contributed by atoms with Gasteiger partial charge in [-0.2, -0.15) is 0 Å². The van der Waals surface area contributed by atoms with Crippen LogP contribution in [-0.4, -0.2) is 135 Å². The van der Waals surface area contributed by atoms with Gasteiger partial charge in [-0.15, -0.1) is 0 Å². The van der Waals surface area contributed by atoms with Gasteiger partial charge < -0.3 is 65.3 Å². The second-order valence-electron chi connectivity index (χ2n) is 10.6. The summed E-state index contributed by atoms with van der Waals surface area (Å²) in [5.74, 6) is -6.39. The van der Waals surface area contributed by atoms with Gasteiger partial charge in [0.05, 0.1) is 25.4 Å². The number of hydrogen-bond donors (Lipinski definition) is 10. The van der Waals surface area contributed by atoms with Crippen molar-refractivity contribution in [2.45, 2.75) is 39.1 Å². The lowest BCUT2D eigenvalue weighted by atomic mass is 9.90. The summed E-state index contributed by atoms with van der Waals surface area (Å²) in [5.41, 5.74) is -0.366. The maximum absolute atomic E-state index is 12.1. The van der Waals surface area contributed by atoms with Crippen LogP contribution in [0, 0.1) is 35.5 Å². The molecule has 0 aliphatic carbocycles. The summed E-state index contributed by atoms with van der Waals surface area (Å²) in [5, 5.41) is 99.1. The van der Waals surface area contributed by atoms with Gasteiger partial charge in [-0.25, -0.2) is 4.79 Å². The van der Waals surface area contributed by atoms with Crippen LogP contribution in [0.3, 0.4) is 0 Å². The number of aliphatic hydroxyl groups excluding tert-OH is 9. The van der Waals surface area contributed by atoms with E-state index in [1.54, 1.807) is 20.8 Å². The second kappa shape index (κ2) is 19.1. The second-order valence-corrected chi connectivity index (χ2v) is 10.6. The van der Waals surface area contributed by atoms with Crippen molar-refractivity contribution in [3.05, 3.63) is 17.7 Å². The van der Waals surface area contributed by atoms with Crippen molar-refractivity contribution in [1.29, 1.82) is 0 Å². The smallest absolute Gasteiger partial charge is 0.335 e. The molecule has 14 nitrogen and oxygen atoms in total. The molecule has 1 aromatic carbocycles. The summed E-state index contributed by atoms with van der Waals surface area (Å²) in [6.45, 7) is 0.265. The van der Waals surface area contributed by atoms with Crippen LogP contribution in [0.4, 0.5) is 0 Å². The third kappa shape index (κ3) is 9.89. The standard InChI is InChI=1S/C28H48O14/c1-15(6-29)19(9-32)24(12-35)40-22-4-18(28(38)39)5-23(41-25(13-36)20(10-33)16(2)7-30)27(22)42-26(14-37)21(11-34)17(3)8-31/h4-5,15-17,19-21,24-26,29-37H,6-14H2,1-3H3,(H,38,39). The first kappa shape index (κ1) is 37.8. The lowest BCUT2D eigenvalue weighted by molar-refractivity contribution is -0.0179. The summed E-state index contributed by atoms with van der Waals surface area (Å²) >= 11 is 0. The highest BCUT2D eigenvalue weighted by molar-refractivity contribution is 5.89. The first-order valence-electron chi connectivity index (χ1n) is 13.9. The van der Waals surface area contributed by atoms with E-state index in [-0.39, 0.29) is 42.6 Å². The summed E-state index contributed by atoms with van der Waals surface area (Å²) in [6.07, 6.45) is -3.54. The molecule has 14 heteroatoms. The van der Waals surface area contributed by atoms with Crippen LogP contribution in [0.1, 0.15) is 31.1 Å². The summed E-state index contributed by atoms with van der Waals surface area (Å²) in [4.78, 5) is 12.1. The van der Waals surface area contributed by atoms with E-state index in [2.05, 4.69) is 0 Å². The normalized spacial score (nSPS) is 18.2. The largest absolute Gasteiger partial charge is 0.484 e. The van der Waals surface area contributed by atoms with Gasteiger partial charge in [0.1, 0.15) is 18.3 Å². The predicted octanol–water partition coefficient (Wildman–Crippen LogP) is -1.69. The Labute approximate surface area is 245 Å². The Kier molecular flexibility index (Phi) is 17.2. The van der Waals surface area contributed by atoms with E-state index in [0.717, 1.165) is 12.1 Å². The monoisotopic (exact) mass is 608 g/mol. The number of benzene rings is 1. The number of carboxylic acid groups (broad SMARTS) is 1. The third-order valence-corrected chi connectivity index (χ3v) is 7.76. The molecule has 0 saturated carbocycles. The molecule has 0 bridgehead atoms. The van der Waals surface area contributed by atoms with E-state index in [1.165, 1.54) is 0 Å². The van der Waals surface area contributed by atoms with E-state index in [1.807, 2.05) is 0 Å². The molecule has 0 amide bonds. The van der Waals surface area contributed by atoms with E-state index < -0.39 is 99.4 Å². The number of hydrogen-bond acceptors (Lipinski definition) is 13. The van der Waals surface area contributed by atoms with E-state index >= 15 is 0 Å². The maximum atomic E-state index is 12.1. The number of rotatable bonds is 22. The van der Waals surface area contributed by atoms with Gasteiger partial charge in [-0.05, 0) is 29.9 Å². The molecule has 244 valence electrons. The predicted molar refractivity (Wildman–Crippen MR) is 148 cm³/mol. The van der Waals surface area contributed by atoms with Gasteiger partial charge in [-0.3, -0.25) is 0 Å². The van der Waals surface area contributed by atoms with E-state index in [4.69, 9.17) is 14.2 Å². The minimum atomic E-state index is -1.41. The average molecular weight is 609 g/mol. The average Bonchev–Trinajstić information content (AvgIpc) is 3.00. The highest BCUT2D eigenvalue weighted by atomic mass is 16.6. The molecule has 1 rings (SSSR count). The number of ether oxygens (including phenoxy) is 3. The SMILES string of the molecule is CC(CO)C(CO)C(CO)Oc1cc(C(=O)O)cc(OC(CO)C(CO)C(C)CO)c1OC(CO)C(CO)C(C)CO. The van der Waals surface area contributed by atoms with Crippen molar-refractivity contribution in [2.24, 2.45) is 35.5 Å². The summed E-state index contributed by atoms with van der Waals surface area (Å²) in [6, 6.07) is 2.13. The molecule has 0 saturated heterocycles. The van der Waals surface area contributed by atoms with Crippen LogP contribution in [-0.2, 0) is 0 Å². The Morgan fingerprint density at radius 1 is 0.548 bits per heavy atom. The van der Waals surface area contributed by atoms with Gasteiger partial charge in [0.25, 0.3) is 0 Å². The van der Waals surface area contributed by atoms with E-state index in [9.17, 15) is 55.9 Å². The molecule has 0 aromatic heterocycles. The maximum Gasteiger partial charge on any atom is 0.335 e. The molecule has 0 spiro atoms. The van der Waals surface area contributed by atoms with Gasteiger partial charge in [0.2, 0.25) is 5.75 Å². The molecular formula is C28H48O14. The third-order valence-electron chi connectivity index (χ3n) is 7.76. The Morgan fingerprint density at radius 2 is 0.857 bits per heavy atom. The lowest BCUT2D eigenvalue weighted by Crippen LogP contribution is -2.40. The van der Waals surface area contributed by atoms with Crippen molar-refractivity contribution < 1.29 is 70.1 Å². The fraction of sp³-hybridized carbons (Fsp3) is 0.750. The zero-order valence-electron chi connectivity index (χ0n) is 24.3.